The summed E-state index contributed by atoms with van der Waals surface area (Å²) in [6.45, 7) is 1.99. The average molecular weight is 229 g/mol. The first-order valence-corrected chi connectivity index (χ1v) is 5.78. The number of rotatable bonds is 1. The molecular formula is C13H15N3O. The fourth-order valence-corrected chi connectivity index (χ4v) is 2.18. The SMILES string of the molecule is Cc1ccc2c(=O)n(C)c(C3(N)CC3)nc2c1. The van der Waals surface area contributed by atoms with Gasteiger partial charge in [0.15, 0.2) is 0 Å². The molecule has 88 valence electrons. The number of hydrogen-bond acceptors (Lipinski definition) is 3. The van der Waals surface area contributed by atoms with Crippen LogP contribution in [-0.2, 0) is 12.6 Å². The van der Waals surface area contributed by atoms with E-state index >= 15 is 0 Å². The summed E-state index contributed by atoms with van der Waals surface area (Å²) in [5.41, 5.74) is 7.60. The molecule has 1 fully saturated rings. The molecule has 1 aliphatic carbocycles. The second-order valence-corrected chi connectivity index (χ2v) is 4.98. The number of hydrogen-bond donors (Lipinski definition) is 1. The van der Waals surface area contributed by atoms with Crippen LogP contribution in [0.5, 0.6) is 0 Å². The van der Waals surface area contributed by atoms with E-state index in [1.54, 1.807) is 11.6 Å². The van der Waals surface area contributed by atoms with Crippen LogP contribution in [0.4, 0.5) is 0 Å². The molecule has 0 atom stereocenters. The molecule has 4 nitrogen and oxygen atoms in total. The minimum Gasteiger partial charge on any atom is -0.319 e. The first-order chi connectivity index (χ1) is 8.01. The molecule has 4 heteroatoms. The molecule has 2 N–H and O–H groups in total. The van der Waals surface area contributed by atoms with Gasteiger partial charge in [0.2, 0.25) is 0 Å². The van der Waals surface area contributed by atoms with E-state index in [0.717, 1.165) is 23.9 Å². The Balaban J connectivity index is 2.39. The third-order valence-corrected chi connectivity index (χ3v) is 3.47. The Morgan fingerprint density at radius 3 is 2.76 bits per heavy atom. The van der Waals surface area contributed by atoms with Crippen molar-refractivity contribution in [2.24, 2.45) is 12.8 Å². The summed E-state index contributed by atoms with van der Waals surface area (Å²) in [5.74, 6) is 0.709. The molecule has 0 unspecified atom stereocenters. The second kappa shape index (κ2) is 3.17. The quantitative estimate of drug-likeness (QED) is 0.799. The highest BCUT2D eigenvalue weighted by Crippen LogP contribution is 2.41. The normalized spacial score (nSPS) is 17.4. The topological polar surface area (TPSA) is 60.9 Å². The van der Waals surface area contributed by atoms with Crippen LogP contribution in [0.25, 0.3) is 10.9 Å². The molecular weight excluding hydrogens is 214 g/mol. The monoisotopic (exact) mass is 229 g/mol. The third-order valence-electron chi connectivity index (χ3n) is 3.47. The minimum absolute atomic E-state index is 0.0123. The smallest absolute Gasteiger partial charge is 0.261 e. The molecule has 0 aliphatic heterocycles. The summed E-state index contributed by atoms with van der Waals surface area (Å²) in [7, 11) is 1.75. The van der Waals surface area contributed by atoms with E-state index in [0.29, 0.717) is 11.2 Å². The van der Waals surface area contributed by atoms with E-state index in [4.69, 9.17) is 5.73 Å². The van der Waals surface area contributed by atoms with E-state index in [1.807, 2.05) is 25.1 Å². The lowest BCUT2D eigenvalue weighted by atomic mass is 10.1. The van der Waals surface area contributed by atoms with Gasteiger partial charge >= 0.3 is 0 Å². The zero-order valence-corrected chi connectivity index (χ0v) is 10.0. The number of benzene rings is 1. The van der Waals surface area contributed by atoms with Crippen molar-refractivity contribution < 1.29 is 0 Å². The maximum atomic E-state index is 12.2. The molecule has 1 aromatic heterocycles. The van der Waals surface area contributed by atoms with Gasteiger partial charge < -0.3 is 5.73 Å². The van der Waals surface area contributed by atoms with Gasteiger partial charge in [0.1, 0.15) is 5.82 Å². The van der Waals surface area contributed by atoms with Crippen molar-refractivity contribution in [2.45, 2.75) is 25.3 Å². The van der Waals surface area contributed by atoms with E-state index in [-0.39, 0.29) is 11.1 Å². The minimum atomic E-state index is -0.383. The third kappa shape index (κ3) is 1.48. The van der Waals surface area contributed by atoms with Crippen LogP contribution in [0.2, 0.25) is 0 Å². The van der Waals surface area contributed by atoms with Gasteiger partial charge in [-0.1, -0.05) is 6.07 Å². The van der Waals surface area contributed by atoms with Crippen LogP contribution in [0, 0.1) is 6.92 Å². The van der Waals surface area contributed by atoms with Crippen LogP contribution >= 0.6 is 0 Å². The summed E-state index contributed by atoms with van der Waals surface area (Å²) >= 11 is 0. The highest BCUT2D eigenvalue weighted by molar-refractivity contribution is 5.78. The Hall–Kier alpha value is -1.68. The first-order valence-electron chi connectivity index (χ1n) is 5.78. The second-order valence-electron chi connectivity index (χ2n) is 4.98. The predicted octanol–water partition coefficient (Wildman–Crippen LogP) is 1.19. The van der Waals surface area contributed by atoms with E-state index in [2.05, 4.69) is 4.98 Å². The molecule has 0 radical (unpaired) electrons. The Bertz CT molecular complexity index is 668. The maximum absolute atomic E-state index is 12.2. The van der Waals surface area contributed by atoms with Crippen LogP contribution in [0.15, 0.2) is 23.0 Å². The number of nitrogens with two attached hydrogens (primary N) is 1. The van der Waals surface area contributed by atoms with Crippen molar-refractivity contribution in [1.82, 2.24) is 9.55 Å². The average Bonchev–Trinajstić information content (AvgIpc) is 3.02. The molecule has 1 aromatic carbocycles. The zero-order valence-electron chi connectivity index (χ0n) is 10.0. The molecule has 0 amide bonds. The fraction of sp³-hybridized carbons (Fsp3) is 0.385. The highest BCUT2D eigenvalue weighted by atomic mass is 16.1. The summed E-state index contributed by atoms with van der Waals surface area (Å²) < 4.78 is 1.59. The lowest BCUT2D eigenvalue weighted by Gasteiger charge is -2.14. The molecule has 17 heavy (non-hydrogen) atoms. The Morgan fingerprint density at radius 2 is 2.12 bits per heavy atom. The fourth-order valence-electron chi connectivity index (χ4n) is 2.18. The summed E-state index contributed by atoms with van der Waals surface area (Å²) in [6.07, 6.45) is 1.81. The van der Waals surface area contributed by atoms with Gasteiger partial charge in [0.05, 0.1) is 16.4 Å². The standard InChI is InChI=1S/C13H15N3O/c1-8-3-4-9-10(7-8)15-12(13(14)5-6-13)16(2)11(9)17/h3-4,7H,5-6,14H2,1-2H3. The number of fused-ring (bicyclic) bond motifs is 1. The van der Waals surface area contributed by atoms with Crippen LogP contribution in [0.1, 0.15) is 24.2 Å². The van der Waals surface area contributed by atoms with Crippen LogP contribution < -0.4 is 11.3 Å². The van der Waals surface area contributed by atoms with E-state index in [9.17, 15) is 4.79 Å². The summed E-state index contributed by atoms with van der Waals surface area (Å²) in [6, 6.07) is 5.70. The Morgan fingerprint density at radius 1 is 1.41 bits per heavy atom. The van der Waals surface area contributed by atoms with Crippen molar-refractivity contribution >= 4 is 10.9 Å². The van der Waals surface area contributed by atoms with E-state index < -0.39 is 0 Å². The lowest BCUT2D eigenvalue weighted by Crippen LogP contribution is -2.32. The van der Waals surface area contributed by atoms with Crippen LogP contribution in [-0.4, -0.2) is 9.55 Å². The summed E-state index contributed by atoms with van der Waals surface area (Å²) in [4.78, 5) is 16.8. The number of aromatic nitrogens is 2. The lowest BCUT2D eigenvalue weighted by molar-refractivity contribution is 0.608. The van der Waals surface area contributed by atoms with Gasteiger partial charge in [-0.3, -0.25) is 9.36 Å². The Labute approximate surface area is 99.1 Å². The summed E-state index contributed by atoms with van der Waals surface area (Å²) in [5, 5.41) is 0.658. The molecule has 1 aliphatic rings. The van der Waals surface area contributed by atoms with Crippen molar-refractivity contribution in [3.8, 4) is 0 Å². The zero-order chi connectivity index (χ0) is 12.2. The van der Waals surface area contributed by atoms with Gasteiger partial charge in [-0.2, -0.15) is 0 Å². The van der Waals surface area contributed by atoms with Crippen LogP contribution in [0.3, 0.4) is 0 Å². The van der Waals surface area contributed by atoms with Gasteiger partial charge in [-0.25, -0.2) is 4.98 Å². The van der Waals surface area contributed by atoms with Crippen molar-refractivity contribution in [3.05, 3.63) is 39.9 Å². The molecule has 0 spiro atoms. The van der Waals surface area contributed by atoms with Gasteiger partial charge in [-0.05, 0) is 37.5 Å². The number of nitrogens with zero attached hydrogens (tertiary/aromatic N) is 2. The number of aryl methyl sites for hydroxylation is 1. The highest BCUT2D eigenvalue weighted by Gasteiger charge is 2.43. The van der Waals surface area contributed by atoms with Crippen molar-refractivity contribution in [1.29, 1.82) is 0 Å². The predicted molar refractivity (Wildman–Crippen MR) is 66.8 cm³/mol. The molecule has 1 heterocycles. The Kier molecular flexibility index (Phi) is 1.95. The van der Waals surface area contributed by atoms with E-state index in [1.165, 1.54) is 0 Å². The largest absolute Gasteiger partial charge is 0.319 e. The first kappa shape index (κ1) is 10.5. The van der Waals surface area contributed by atoms with Gasteiger partial charge in [-0.15, -0.1) is 0 Å². The van der Waals surface area contributed by atoms with Crippen molar-refractivity contribution in [3.63, 3.8) is 0 Å². The maximum Gasteiger partial charge on any atom is 0.261 e. The molecule has 0 bridgehead atoms. The molecule has 2 aromatic rings. The van der Waals surface area contributed by atoms with Crippen molar-refractivity contribution in [2.75, 3.05) is 0 Å². The molecule has 0 saturated heterocycles. The van der Waals surface area contributed by atoms with Gasteiger partial charge in [0.25, 0.3) is 5.56 Å². The van der Waals surface area contributed by atoms with Gasteiger partial charge in [0, 0.05) is 7.05 Å². The molecule has 3 rings (SSSR count). The molecule has 1 saturated carbocycles.